The molecule has 200 valence electrons. The van der Waals surface area contributed by atoms with Crippen molar-refractivity contribution in [3.05, 3.63) is 64.1 Å². The van der Waals surface area contributed by atoms with Gasteiger partial charge in [-0.15, -0.1) is 0 Å². The maximum absolute atomic E-state index is 14.3. The summed E-state index contributed by atoms with van der Waals surface area (Å²) in [6.07, 6.45) is 6.44. The number of nitrogens with one attached hydrogen (secondary N) is 1. The standard InChI is InChI=1S/C29H32ClFN4O3/c30-22-15-20-21-16-26-28(37)34(12-6-11-33-9-3-1-2-4-10-33)29(38)35(26)25(14-18-7-5-8-19(36)13-18)27(21)32-24(20)17-23(22)31/h5,7-8,13,15,17,25-26,32,36H,1-4,6,9-12,14,16H2/t25?,26-/m0/s1. The van der Waals surface area contributed by atoms with Crippen molar-refractivity contribution in [3.63, 3.8) is 0 Å². The van der Waals surface area contributed by atoms with Gasteiger partial charge >= 0.3 is 6.03 Å². The number of urea groups is 1. The van der Waals surface area contributed by atoms with Crippen LogP contribution in [0.2, 0.25) is 5.02 Å². The Balaban J connectivity index is 1.31. The second-order valence-electron chi connectivity index (χ2n) is 10.7. The monoisotopic (exact) mass is 538 g/mol. The van der Waals surface area contributed by atoms with Gasteiger partial charge in [-0.25, -0.2) is 9.18 Å². The van der Waals surface area contributed by atoms with E-state index in [1.807, 2.05) is 6.07 Å². The molecule has 2 aromatic carbocycles. The molecule has 4 heterocycles. The van der Waals surface area contributed by atoms with Crippen LogP contribution in [0.5, 0.6) is 5.75 Å². The minimum atomic E-state index is -0.627. The molecular weight excluding hydrogens is 507 g/mol. The highest BCUT2D eigenvalue weighted by atomic mass is 35.5. The number of likely N-dealkylation sites (tertiary alicyclic amines) is 1. The number of imide groups is 1. The second kappa shape index (κ2) is 10.2. The highest BCUT2D eigenvalue weighted by molar-refractivity contribution is 6.31. The molecular formula is C29H32ClFN4O3. The molecule has 2 N–H and O–H groups in total. The fourth-order valence-electron chi connectivity index (χ4n) is 6.43. The van der Waals surface area contributed by atoms with Crippen LogP contribution < -0.4 is 0 Å². The van der Waals surface area contributed by atoms with Gasteiger partial charge in [0.15, 0.2) is 0 Å². The second-order valence-corrected chi connectivity index (χ2v) is 11.1. The largest absolute Gasteiger partial charge is 0.508 e. The lowest BCUT2D eigenvalue weighted by Crippen LogP contribution is -2.44. The molecule has 0 bridgehead atoms. The summed E-state index contributed by atoms with van der Waals surface area (Å²) in [5.41, 5.74) is 3.10. The van der Waals surface area contributed by atoms with Crippen molar-refractivity contribution in [1.82, 2.24) is 19.7 Å². The summed E-state index contributed by atoms with van der Waals surface area (Å²) in [4.78, 5) is 36.3. The van der Waals surface area contributed by atoms with Crippen molar-refractivity contribution >= 4 is 34.4 Å². The number of amides is 3. The van der Waals surface area contributed by atoms with Crippen molar-refractivity contribution in [1.29, 1.82) is 0 Å². The number of H-pyrrole nitrogens is 1. The summed E-state index contributed by atoms with van der Waals surface area (Å²) in [6.45, 7) is 3.43. The number of carbonyl (C=O) groups excluding carboxylic acids is 2. The van der Waals surface area contributed by atoms with Crippen LogP contribution in [-0.2, 0) is 17.6 Å². The van der Waals surface area contributed by atoms with Crippen LogP contribution in [0.25, 0.3) is 10.9 Å². The predicted octanol–water partition coefficient (Wildman–Crippen LogP) is 5.40. The third-order valence-corrected chi connectivity index (χ3v) is 8.57. The van der Waals surface area contributed by atoms with E-state index in [2.05, 4.69) is 9.88 Å². The molecule has 3 aliphatic rings. The minimum absolute atomic E-state index is 0.0234. The van der Waals surface area contributed by atoms with Crippen molar-refractivity contribution in [3.8, 4) is 5.75 Å². The zero-order valence-electron chi connectivity index (χ0n) is 21.3. The molecule has 7 nitrogen and oxygen atoms in total. The van der Waals surface area contributed by atoms with E-state index in [9.17, 15) is 19.1 Å². The number of nitrogens with zero attached hydrogens (tertiary/aromatic N) is 3. The van der Waals surface area contributed by atoms with Gasteiger partial charge < -0.3 is 19.9 Å². The van der Waals surface area contributed by atoms with Crippen molar-refractivity contribution in [2.75, 3.05) is 26.2 Å². The van der Waals surface area contributed by atoms with Gasteiger partial charge in [0.05, 0.1) is 11.1 Å². The van der Waals surface area contributed by atoms with Crippen molar-refractivity contribution < 1.29 is 19.1 Å². The molecule has 3 aliphatic heterocycles. The maximum Gasteiger partial charge on any atom is 0.328 e. The third-order valence-electron chi connectivity index (χ3n) is 8.28. The molecule has 38 heavy (non-hydrogen) atoms. The first-order valence-electron chi connectivity index (χ1n) is 13.5. The maximum atomic E-state index is 14.3. The molecule has 0 radical (unpaired) electrons. The Morgan fingerprint density at radius 1 is 1.05 bits per heavy atom. The van der Waals surface area contributed by atoms with Crippen LogP contribution in [-0.4, -0.2) is 68.9 Å². The van der Waals surface area contributed by atoms with E-state index < -0.39 is 17.9 Å². The Hall–Kier alpha value is -3.10. The number of rotatable bonds is 6. The lowest BCUT2D eigenvalue weighted by molar-refractivity contribution is -0.128. The zero-order chi connectivity index (χ0) is 26.4. The number of aromatic hydroxyl groups is 1. The Bertz CT molecular complexity index is 1380. The van der Waals surface area contributed by atoms with Crippen molar-refractivity contribution in [2.24, 2.45) is 0 Å². The summed E-state index contributed by atoms with van der Waals surface area (Å²) in [5.74, 6) is -0.565. The molecule has 6 rings (SSSR count). The fourth-order valence-corrected chi connectivity index (χ4v) is 6.59. The Morgan fingerprint density at radius 2 is 1.84 bits per heavy atom. The van der Waals surface area contributed by atoms with Crippen LogP contribution in [0.15, 0.2) is 36.4 Å². The summed E-state index contributed by atoms with van der Waals surface area (Å²) < 4.78 is 14.3. The predicted molar refractivity (Wildman–Crippen MR) is 144 cm³/mol. The minimum Gasteiger partial charge on any atom is -0.508 e. The van der Waals surface area contributed by atoms with E-state index in [-0.39, 0.29) is 22.7 Å². The third kappa shape index (κ3) is 4.54. The van der Waals surface area contributed by atoms with E-state index in [0.717, 1.165) is 48.3 Å². The quantitative estimate of drug-likeness (QED) is 0.412. The zero-order valence-corrected chi connectivity index (χ0v) is 22.0. The van der Waals surface area contributed by atoms with Crippen LogP contribution in [0.4, 0.5) is 9.18 Å². The molecule has 9 heteroatoms. The van der Waals surface area contributed by atoms with Gasteiger partial charge in [0.25, 0.3) is 5.91 Å². The van der Waals surface area contributed by atoms with Crippen LogP contribution in [0.3, 0.4) is 0 Å². The van der Waals surface area contributed by atoms with Gasteiger partial charge in [-0.1, -0.05) is 36.6 Å². The molecule has 0 spiro atoms. The van der Waals surface area contributed by atoms with Gasteiger partial charge in [-0.2, -0.15) is 0 Å². The van der Waals surface area contributed by atoms with Gasteiger partial charge in [-0.05, 0) is 80.7 Å². The molecule has 2 atom stereocenters. The lowest BCUT2D eigenvalue weighted by atomic mass is 9.89. The topological polar surface area (TPSA) is 79.9 Å². The number of phenolic OH excluding ortho intramolecular Hbond substituents is 1. The lowest BCUT2D eigenvalue weighted by Gasteiger charge is -2.36. The number of halogens is 2. The van der Waals surface area contributed by atoms with E-state index in [4.69, 9.17) is 11.6 Å². The fraction of sp³-hybridized carbons (Fsp3) is 0.448. The highest BCUT2D eigenvalue weighted by Crippen LogP contribution is 2.43. The summed E-state index contributed by atoms with van der Waals surface area (Å²) in [7, 11) is 0. The molecule has 1 aromatic heterocycles. The molecule has 3 amide bonds. The number of hydrogen-bond acceptors (Lipinski definition) is 4. The molecule has 2 saturated heterocycles. The van der Waals surface area contributed by atoms with Crippen LogP contribution in [0.1, 0.15) is 55.0 Å². The number of benzene rings is 2. The average Bonchev–Trinajstić information content (AvgIpc) is 3.20. The van der Waals surface area contributed by atoms with E-state index in [1.54, 1.807) is 29.2 Å². The first-order valence-corrected chi connectivity index (χ1v) is 13.9. The first kappa shape index (κ1) is 25.2. The van der Waals surface area contributed by atoms with Gasteiger partial charge in [0.2, 0.25) is 0 Å². The van der Waals surface area contributed by atoms with Crippen LogP contribution >= 0.6 is 11.6 Å². The van der Waals surface area contributed by atoms with E-state index >= 15 is 0 Å². The first-order chi connectivity index (χ1) is 18.4. The number of hydrogen-bond donors (Lipinski definition) is 2. The van der Waals surface area contributed by atoms with Gasteiger partial charge in [0.1, 0.15) is 17.6 Å². The Labute approximate surface area is 226 Å². The number of fused-ring (bicyclic) bond motifs is 4. The number of aromatic nitrogens is 1. The summed E-state index contributed by atoms with van der Waals surface area (Å²) >= 11 is 6.13. The average molecular weight is 539 g/mol. The smallest absolute Gasteiger partial charge is 0.328 e. The van der Waals surface area contributed by atoms with Crippen molar-refractivity contribution in [2.45, 2.75) is 57.0 Å². The van der Waals surface area contributed by atoms with Gasteiger partial charge in [0, 0.05) is 29.6 Å². The number of aromatic amines is 1. The summed E-state index contributed by atoms with van der Waals surface area (Å²) in [6, 6.07) is 8.52. The van der Waals surface area contributed by atoms with E-state index in [0.29, 0.717) is 24.9 Å². The number of carbonyl (C=O) groups is 2. The molecule has 3 aromatic rings. The van der Waals surface area contributed by atoms with Gasteiger partial charge in [-0.3, -0.25) is 9.69 Å². The summed E-state index contributed by atoms with van der Waals surface area (Å²) in [5, 5.41) is 10.8. The normalized spacial score (nSPS) is 22.2. The molecule has 1 unspecified atom stereocenters. The SMILES string of the molecule is O=C1[C@@H]2Cc3c([nH]c4cc(F)c(Cl)cc34)C(Cc3cccc(O)c3)N2C(=O)N1CCCN1CCCCCC1. The molecule has 0 saturated carbocycles. The number of phenols is 1. The Morgan fingerprint density at radius 3 is 2.61 bits per heavy atom. The van der Waals surface area contributed by atoms with E-state index in [1.165, 1.54) is 36.6 Å². The molecule has 0 aliphatic carbocycles. The molecule has 2 fully saturated rings. The Kier molecular flexibility index (Phi) is 6.78. The van der Waals surface area contributed by atoms with Crippen LogP contribution in [0, 0.1) is 5.82 Å². The highest BCUT2D eigenvalue weighted by Gasteiger charge is 2.51.